The van der Waals surface area contributed by atoms with Crippen molar-refractivity contribution in [2.45, 2.75) is 69.9 Å². The number of fused-ring (bicyclic) bond motifs is 3. The summed E-state index contributed by atoms with van der Waals surface area (Å²) in [6, 6.07) is 17.7. The van der Waals surface area contributed by atoms with Crippen molar-refractivity contribution < 1.29 is 4.79 Å². The van der Waals surface area contributed by atoms with Crippen LogP contribution in [0.3, 0.4) is 0 Å². The first-order chi connectivity index (χ1) is 17.8. The normalized spacial score (nSPS) is 20.8. The maximum absolute atomic E-state index is 12.7. The van der Waals surface area contributed by atoms with Crippen LogP contribution in [0, 0.1) is 0 Å². The maximum atomic E-state index is 12.7. The zero-order valence-corrected chi connectivity index (χ0v) is 21.0. The molecule has 5 heteroatoms. The van der Waals surface area contributed by atoms with Gasteiger partial charge in [0.1, 0.15) is 0 Å². The SMILES string of the molecule is O=C(CN1CCn2c3c(c4cc(C5CCCCC5)ccc42)CCCC31)NN=CC=Cc1ccccc1. The van der Waals surface area contributed by atoms with Crippen LogP contribution in [0.15, 0.2) is 59.7 Å². The van der Waals surface area contributed by atoms with E-state index in [2.05, 4.69) is 38.2 Å². The fourth-order valence-electron chi connectivity index (χ4n) is 6.66. The molecule has 2 aliphatic carbocycles. The van der Waals surface area contributed by atoms with E-state index in [9.17, 15) is 4.79 Å². The minimum absolute atomic E-state index is 0.0457. The van der Waals surface area contributed by atoms with E-state index < -0.39 is 0 Å². The first kappa shape index (κ1) is 23.2. The second-order valence-electron chi connectivity index (χ2n) is 10.6. The number of benzene rings is 2. The third-order valence-electron chi connectivity index (χ3n) is 8.37. The minimum Gasteiger partial charge on any atom is -0.342 e. The van der Waals surface area contributed by atoms with Crippen LogP contribution >= 0.6 is 0 Å². The van der Waals surface area contributed by atoms with Gasteiger partial charge in [-0.3, -0.25) is 9.69 Å². The van der Waals surface area contributed by atoms with Gasteiger partial charge < -0.3 is 4.57 Å². The molecule has 0 radical (unpaired) electrons. The van der Waals surface area contributed by atoms with Gasteiger partial charge in [-0.1, -0.05) is 61.7 Å². The highest BCUT2D eigenvalue weighted by Gasteiger charge is 2.35. The molecule has 1 saturated carbocycles. The first-order valence-electron chi connectivity index (χ1n) is 13.7. The van der Waals surface area contributed by atoms with Gasteiger partial charge in [0.25, 0.3) is 5.91 Å². The molecule has 1 amide bonds. The Balaban J connectivity index is 1.16. The molecular formula is C31H36N4O. The summed E-state index contributed by atoms with van der Waals surface area (Å²) in [6.45, 7) is 2.23. The van der Waals surface area contributed by atoms with E-state index in [0.29, 0.717) is 12.6 Å². The van der Waals surface area contributed by atoms with Crippen molar-refractivity contribution in [3.8, 4) is 0 Å². The zero-order chi connectivity index (χ0) is 24.3. The predicted molar refractivity (Wildman–Crippen MR) is 147 cm³/mol. The maximum Gasteiger partial charge on any atom is 0.254 e. The van der Waals surface area contributed by atoms with Gasteiger partial charge in [-0.25, -0.2) is 5.43 Å². The molecule has 0 bridgehead atoms. The topological polar surface area (TPSA) is 49.6 Å². The van der Waals surface area contributed by atoms with Gasteiger partial charge in [-0.15, -0.1) is 0 Å². The van der Waals surface area contributed by atoms with E-state index in [0.717, 1.165) is 37.4 Å². The molecule has 3 aliphatic rings. The molecule has 1 aliphatic heterocycles. The lowest BCUT2D eigenvalue weighted by Gasteiger charge is -2.39. The van der Waals surface area contributed by atoms with Crippen molar-refractivity contribution in [1.29, 1.82) is 0 Å². The van der Waals surface area contributed by atoms with Crippen molar-refractivity contribution >= 4 is 29.1 Å². The second-order valence-corrected chi connectivity index (χ2v) is 10.6. The molecule has 1 atom stereocenters. The number of allylic oxidation sites excluding steroid dienone is 1. The van der Waals surface area contributed by atoms with Gasteiger partial charge in [0.15, 0.2) is 0 Å². The summed E-state index contributed by atoms with van der Waals surface area (Å²) in [5, 5.41) is 5.60. The third kappa shape index (κ3) is 4.64. The molecule has 1 N–H and O–H groups in total. The monoisotopic (exact) mass is 480 g/mol. The number of carbonyl (C=O) groups excluding carboxylic acids is 1. The molecule has 6 rings (SSSR count). The van der Waals surface area contributed by atoms with Crippen LogP contribution in [-0.2, 0) is 17.8 Å². The number of hydrazone groups is 1. The molecule has 1 aromatic heterocycles. The number of aryl methyl sites for hydroxylation is 1. The van der Waals surface area contributed by atoms with E-state index in [1.807, 2.05) is 42.5 Å². The summed E-state index contributed by atoms with van der Waals surface area (Å²) >= 11 is 0. The van der Waals surface area contributed by atoms with Crippen LogP contribution in [0.5, 0.6) is 0 Å². The lowest BCUT2D eigenvalue weighted by Crippen LogP contribution is -2.44. The number of aromatic nitrogens is 1. The molecule has 5 nitrogen and oxygen atoms in total. The fourth-order valence-corrected chi connectivity index (χ4v) is 6.66. The van der Waals surface area contributed by atoms with E-state index in [1.165, 1.54) is 60.7 Å². The number of nitrogens with one attached hydrogen (secondary N) is 1. The Morgan fingerprint density at radius 1 is 1.00 bits per heavy atom. The molecule has 0 spiro atoms. The van der Waals surface area contributed by atoms with Crippen LogP contribution in [-0.4, -0.2) is 34.7 Å². The van der Waals surface area contributed by atoms with Gasteiger partial charge in [0, 0.05) is 35.9 Å². The summed E-state index contributed by atoms with van der Waals surface area (Å²) in [5.74, 6) is 0.686. The van der Waals surface area contributed by atoms with E-state index in [1.54, 1.807) is 11.8 Å². The fraction of sp³-hybridized carbons (Fsp3) is 0.419. The molecule has 186 valence electrons. The number of hydrogen-bond acceptors (Lipinski definition) is 3. The highest BCUT2D eigenvalue weighted by molar-refractivity contribution is 5.87. The Labute approximate surface area is 213 Å². The number of carbonyl (C=O) groups is 1. The summed E-state index contributed by atoms with van der Waals surface area (Å²) in [5.41, 5.74) is 9.76. The van der Waals surface area contributed by atoms with Crippen molar-refractivity contribution in [3.63, 3.8) is 0 Å². The van der Waals surface area contributed by atoms with Gasteiger partial charge in [-0.2, -0.15) is 5.10 Å². The van der Waals surface area contributed by atoms with Gasteiger partial charge in [0.05, 0.1) is 12.6 Å². The standard InChI is InChI=1S/C31H36N4O/c36-30(33-32-18-8-11-23-9-3-1-4-10-23)22-34-19-20-35-28-17-16-25(24-12-5-2-6-13-24)21-27(28)26-14-7-15-29(34)31(26)35/h1,3-4,8-11,16-18,21,24,29H,2,5-7,12-15,19-20,22H2,(H,33,36). The largest absolute Gasteiger partial charge is 0.342 e. The van der Waals surface area contributed by atoms with Crippen LogP contribution in [0.4, 0.5) is 0 Å². The quantitative estimate of drug-likeness (QED) is 0.337. The highest BCUT2D eigenvalue weighted by atomic mass is 16.2. The number of amides is 1. The van der Waals surface area contributed by atoms with E-state index >= 15 is 0 Å². The molecule has 2 aromatic carbocycles. The molecule has 1 unspecified atom stereocenters. The Kier molecular flexibility index (Phi) is 6.73. The van der Waals surface area contributed by atoms with E-state index in [4.69, 9.17) is 0 Å². The van der Waals surface area contributed by atoms with Crippen LogP contribution in [0.25, 0.3) is 17.0 Å². The third-order valence-corrected chi connectivity index (χ3v) is 8.37. The molecule has 1 fully saturated rings. The van der Waals surface area contributed by atoms with Crippen molar-refractivity contribution in [1.82, 2.24) is 14.9 Å². The summed E-state index contributed by atoms with van der Waals surface area (Å²) < 4.78 is 2.56. The Morgan fingerprint density at radius 3 is 2.72 bits per heavy atom. The zero-order valence-electron chi connectivity index (χ0n) is 21.0. The van der Waals surface area contributed by atoms with Crippen molar-refractivity contribution in [2.24, 2.45) is 5.10 Å². The van der Waals surface area contributed by atoms with Crippen LogP contribution in [0.2, 0.25) is 0 Å². The van der Waals surface area contributed by atoms with Gasteiger partial charge >= 0.3 is 0 Å². The Hall–Kier alpha value is -3.18. The summed E-state index contributed by atoms with van der Waals surface area (Å²) in [7, 11) is 0. The van der Waals surface area contributed by atoms with Crippen LogP contribution < -0.4 is 5.43 Å². The Bertz CT molecular complexity index is 1280. The number of nitrogens with zero attached hydrogens (tertiary/aromatic N) is 3. The molecule has 36 heavy (non-hydrogen) atoms. The van der Waals surface area contributed by atoms with Gasteiger partial charge in [-0.05, 0) is 72.9 Å². The molecule has 3 aromatic rings. The lowest BCUT2D eigenvalue weighted by atomic mass is 9.83. The Morgan fingerprint density at radius 2 is 1.86 bits per heavy atom. The van der Waals surface area contributed by atoms with Gasteiger partial charge in [0.2, 0.25) is 0 Å². The van der Waals surface area contributed by atoms with Crippen molar-refractivity contribution in [2.75, 3.05) is 13.1 Å². The van der Waals surface area contributed by atoms with Crippen LogP contribution in [0.1, 0.15) is 79.3 Å². The molecular weight excluding hydrogens is 444 g/mol. The summed E-state index contributed by atoms with van der Waals surface area (Å²) in [6.07, 6.45) is 15.7. The average Bonchev–Trinajstić information content (AvgIpc) is 3.25. The second kappa shape index (κ2) is 10.4. The lowest BCUT2D eigenvalue weighted by molar-refractivity contribution is -0.123. The van der Waals surface area contributed by atoms with E-state index in [-0.39, 0.29) is 5.91 Å². The van der Waals surface area contributed by atoms with Crippen molar-refractivity contribution in [3.05, 3.63) is 77.0 Å². The molecule has 2 heterocycles. The smallest absolute Gasteiger partial charge is 0.254 e. The highest BCUT2D eigenvalue weighted by Crippen LogP contribution is 2.44. The minimum atomic E-state index is -0.0457. The number of rotatable bonds is 6. The predicted octanol–water partition coefficient (Wildman–Crippen LogP) is 6.20. The summed E-state index contributed by atoms with van der Waals surface area (Å²) in [4.78, 5) is 15.1. The average molecular weight is 481 g/mol. The first-order valence-corrected chi connectivity index (χ1v) is 13.7. The molecule has 0 saturated heterocycles. The number of hydrogen-bond donors (Lipinski definition) is 1.